The van der Waals surface area contributed by atoms with Crippen LogP contribution in [-0.4, -0.2) is 31.3 Å². The van der Waals surface area contributed by atoms with Crippen molar-refractivity contribution in [2.75, 3.05) is 0 Å². The highest BCUT2D eigenvalue weighted by molar-refractivity contribution is 6.47. The number of carbonyl (C=O) groups is 2. The summed E-state index contributed by atoms with van der Waals surface area (Å²) in [6.07, 6.45) is 1.38. The fourth-order valence-electron chi connectivity index (χ4n) is 4.96. The van der Waals surface area contributed by atoms with E-state index in [9.17, 15) is 9.59 Å². The minimum absolute atomic E-state index is 0.00561. The van der Waals surface area contributed by atoms with Gasteiger partial charge in [-0.05, 0) is 87.4 Å². The summed E-state index contributed by atoms with van der Waals surface area (Å²) in [5.41, 5.74) is 4.87. The molecule has 0 spiro atoms. The first-order valence-electron chi connectivity index (χ1n) is 14.1. The molecule has 1 aromatic heterocycles. The van der Waals surface area contributed by atoms with E-state index in [1.165, 1.54) is 5.56 Å². The van der Waals surface area contributed by atoms with Crippen molar-refractivity contribution < 1.29 is 19.1 Å². The Hall–Kier alpha value is -3.26. The van der Waals surface area contributed by atoms with Gasteiger partial charge in [-0.3, -0.25) is 9.59 Å². The first kappa shape index (κ1) is 32.6. The largest absolute Gasteiger partial charge is 0.481 e. The van der Waals surface area contributed by atoms with Gasteiger partial charge in [0.15, 0.2) is 0 Å². The molecule has 0 bridgehead atoms. The quantitative estimate of drug-likeness (QED) is 0.187. The Kier molecular flexibility index (Phi) is 11.0. The second kappa shape index (κ2) is 14.5. The SMILES string of the molecule is CC(C)(Cl)Cl.O=C(O)CCCC(F)c1nc2cc(C(=O)N[C@@H]3CCCc4ccccc43)ccc2nc1-c1ccc(Cl)cc1. The Bertz CT molecular complexity index is 1590. The van der Waals surface area contributed by atoms with Gasteiger partial charge in [-0.25, -0.2) is 14.4 Å². The molecule has 2 atom stereocenters. The summed E-state index contributed by atoms with van der Waals surface area (Å²) >= 11 is 16.6. The van der Waals surface area contributed by atoms with Crippen LogP contribution >= 0.6 is 34.8 Å². The zero-order valence-electron chi connectivity index (χ0n) is 23.9. The van der Waals surface area contributed by atoms with Gasteiger partial charge in [-0.15, -0.1) is 23.2 Å². The molecule has 0 saturated heterocycles. The molecule has 226 valence electrons. The highest BCUT2D eigenvalue weighted by Crippen LogP contribution is 2.33. The highest BCUT2D eigenvalue weighted by Gasteiger charge is 2.24. The normalized spacial score (nSPS) is 15.2. The van der Waals surface area contributed by atoms with Gasteiger partial charge in [0.05, 0.1) is 22.8 Å². The second-order valence-electron chi connectivity index (χ2n) is 10.9. The van der Waals surface area contributed by atoms with Crippen LogP contribution in [0.2, 0.25) is 5.02 Å². The van der Waals surface area contributed by atoms with Crippen molar-refractivity contribution in [3.63, 3.8) is 0 Å². The van der Waals surface area contributed by atoms with Gasteiger partial charge >= 0.3 is 5.97 Å². The second-order valence-corrected chi connectivity index (χ2v) is 13.4. The van der Waals surface area contributed by atoms with Crippen LogP contribution in [0.4, 0.5) is 4.39 Å². The Labute approximate surface area is 265 Å². The molecule has 2 N–H and O–H groups in total. The molecular formula is C33H33Cl3FN3O3. The number of hydrogen-bond donors (Lipinski definition) is 2. The third-order valence-corrected chi connectivity index (χ3v) is 7.14. The number of aliphatic carboxylic acids is 1. The van der Waals surface area contributed by atoms with Crippen molar-refractivity contribution in [2.24, 2.45) is 0 Å². The third-order valence-electron chi connectivity index (χ3n) is 6.89. The molecule has 1 aliphatic carbocycles. The number of benzene rings is 3. The summed E-state index contributed by atoms with van der Waals surface area (Å²) in [5, 5.41) is 12.6. The summed E-state index contributed by atoms with van der Waals surface area (Å²) in [5.74, 6) is -1.20. The number of amides is 1. The summed E-state index contributed by atoms with van der Waals surface area (Å²) in [4.78, 5) is 33.4. The molecule has 0 radical (unpaired) electrons. The zero-order valence-corrected chi connectivity index (χ0v) is 26.2. The summed E-state index contributed by atoms with van der Waals surface area (Å²) in [6.45, 7) is 3.44. The summed E-state index contributed by atoms with van der Waals surface area (Å²) in [7, 11) is 0. The van der Waals surface area contributed by atoms with Gasteiger partial charge in [0.2, 0.25) is 0 Å². The lowest BCUT2D eigenvalue weighted by atomic mass is 9.87. The van der Waals surface area contributed by atoms with E-state index in [0.29, 0.717) is 32.9 Å². The first-order valence-corrected chi connectivity index (χ1v) is 15.2. The molecule has 4 aromatic rings. The van der Waals surface area contributed by atoms with Crippen molar-refractivity contribution in [3.8, 4) is 11.3 Å². The van der Waals surface area contributed by atoms with Gasteiger partial charge in [0.1, 0.15) is 16.2 Å². The topological polar surface area (TPSA) is 92.2 Å². The lowest BCUT2D eigenvalue weighted by molar-refractivity contribution is -0.137. The van der Waals surface area contributed by atoms with Crippen LogP contribution in [0.3, 0.4) is 0 Å². The number of nitrogens with one attached hydrogen (secondary N) is 1. The molecule has 1 unspecified atom stereocenters. The highest BCUT2D eigenvalue weighted by atomic mass is 35.5. The minimum Gasteiger partial charge on any atom is -0.481 e. The zero-order chi connectivity index (χ0) is 31.1. The van der Waals surface area contributed by atoms with Crippen molar-refractivity contribution in [1.29, 1.82) is 0 Å². The first-order chi connectivity index (χ1) is 20.4. The number of halogens is 4. The molecule has 1 heterocycles. The molecule has 1 amide bonds. The van der Waals surface area contributed by atoms with E-state index in [0.717, 1.165) is 24.8 Å². The number of hydrogen-bond acceptors (Lipinski definition) is 4. The number of aromatic nitrogens is 2. The number of carboxylic acids is 1. The monoisotopic (exact) mass is 643 g/mol. The fourth-order valence-corrected chi connectivity index (χ4v) is 5.09. The molecule has 6 nitrogen and oxygen atoms in total. The summed E-state index contributed by atoms with van der Waals surface area (Å²) < 4.78 is 14.9. The fraction of sp³-hybridized carbons (Fsp3) is 0.333. The van der Waals surface area contributed by atoms with E-state index >= 15 is 4.39 Å². The number of carbonyl (C=O) groups excluding carboxylic acids is 1. The van der Waals surface area contributed by atoms with Crippen LogP contribution in [0.1, 0.15) is 85.3 Å². The molecule has 0 fully saturated rings. The molecule has 1 aliphatic rings. The van der Waals surface area contributed by atoms with E-state index in [1.807, 2.05) is 12.1 Å². The molecular weight excluding hydrogens is 612 g/mol. The molecule has 5 rings (SSSR count). The Morgan fingerprint density at radius 1 is 1.05 bits per heavy atom. The molecule has 0 aliphatic heterocycles. The van der Waals surface area contributed by atoms with Gasteiger partial charge in [-0.1, -0.05) is 48.0 Å². The van der Waals surface area contributed by atoms with Gasteiger partial charge < -0.3 is 10.4 Å². The van der Waals surface area contributed by atoms with Crippen molar-refractivity contribution >= 4 is 57.7 Å². The number of aryl methyl sites for hydroxylation is 1. The smallest absolute Gasteiger partial charge is 0.303 e. The lowest BCUT2D eigenvalue weighted by Crippen LogP contribution is -2.31. The van der Waals surface area contributed by atoms with Crippen LogP contribution < -0.4 is 5.32 Å². The average molecular weight is 645 g/mol. The Morgan fingerprint density at radius 2 is 1.74 bits per heavy atom. The standard InChI is InChI=1S/C30H27ClFN3O3.C3H6Cl2/c31-21-14-11-19(12-15-21)28-29(23(32)8-4-10-27(36)37)34-26-17-20(13-16-25(26)33-28)30(38)35-24-9-3-6-18-5-1-2-7-22(18)24;1-3(2,4)5/h1-2,5,7,11-17,23-24H,3-4,6,8-10H2,(H,35,38)(H,36,37);1-2H3/t23?,24-;/m1./s1. The number of alkyl halides is 3. The predicted molar refractivity (Wildman–Crippen MR) is 171 cm³/mol. The Morgan fingerprint density at radius 3 is 2.44 bits per heavy atom. The molecule has 0 saturated carbocycles. The number of rotatable bonds is 8. The number of carboxylic acid groups (broad SMARTS) is 1. The van der Waals surface area contributed by atoms with E-state index in [-0.39, 0.29) is 36.9 Å². The van der Waals surface area contributed by atoms with Crippen molar-refractivity contribution in [2.45, 2.75) is 68.9 Å². The van der Waals surface area contributed by atoms with Crippen LogP contribution in [-0.2, 0) is 11.2 Å². The van der Waals surface area contributed by atoms with Gasteiger partial charge in [0.25, 0.3) is 5.91 Å². The van der Waals surface area contributed by atoms with Crippen LogP contribution in [0.15, 0.2) is 66.7 Å². The van der Waals surface area contributed by atoms with Crippen molar-refractivity contribution in [1.82, 2.24) is 15.3 Å². The van der Waals surface area contributed by atoms with Gasteiger partial charge in [-0.2, -0.15) is 0 Å². The van der Waals surface area contributed by atoms with E-state index in [4.69, 9.17) is 44.9 Å². The van der Waals surface area contributed by atoms with E-state index in [2.05, 4.69) is 22.4 Å². The van der Waals surface area contributed by atoms with E-state index in [1.54, 1.807) is 56.3 Å². The molecule has 10 heteroatoms. The predicted octanol–water partition coefficient (Wildman–Crippen LogP) is 9.22. The Balaban J connectivity index is 0.000000782. The van der Waals surface area contributed by atoms with Gasteiger partial charge in [0, 0.05) is 22.6 Å². The number of nitrogens with zero attached hydrogens (tertiary/aromatic N) is 2. The van der Waals surface area contributed by atoms with E-state index < -0.39 is 16.5 Å². The maximum Gasteiger partial charge on any atom is 0.303 e. The maximum absolute atomic E-state index is 15.4. The lowest BCUT2D eigenvalue weighted by Gasteiger charge is -2.26. The van der Waals surface area contributed by atoms with Crippen LogP contribution in [0, 0.1) is 0 Å². The van der Waals surface area contributed by atoms with Crippen LogP contribution in [0.25, 0.3) is 22.3 Å². The van der Waals surface area contributed by atoms with Crippen molar-refractivity contribution in [3.05, 3.63) is 94.1 Å². The summed E-state index contributed by atoms with van der Waals surface area (Å²) in [6, 6.07) is 20.0. The van der Waals surface area contributed by atoms with Crippen LogP contribution in [0.5, 0.6) is 0 Å². The minimum atomic E-state index is -1.52. The molecule has 3 aromatic carbocycles. The number of fused-ring (bicyclic) bond motifs is 2. The third kappa shape index (κ3) is 9.36. The maximum atomic E-state index is 15.4. The average Bonchev–Trinajstić information content (AvgIpc) is 2.95. The molecule has 43 heavy (non-hydrogen) atoms.